The van der Waals surface area contributed by atoms with E-state index in [0.29, 0.717) is 48.4 Å². The largest absolute Gasteiger partial charge is 0.356 e. The highest BCUT2D eigenvalue weighted by molar-refractivity contribution is 7.89. The van der Waals surface area contributed by atoms with Crippen molar-refractivity contribution >= 4 is 21.8 Å². The summed E-state index contributed by atoms with van der Waals surface area (Å²) in [5.74, 6) is 1.68. The molecule has 0 unspecified atom stereocenters. The number of hydrogen-bond acceptors (Lipinski definition) is 7. The molecule has 0 saturated carbocycles. The molecule has 0 amide bonds. The third kappa shape index (κ3) is 3.90. The Kier molecular flexibility index (Phi) is 5.71. The highest BCUT2D eigenvalue weighted by atomic mass is 32.2. The highest BCUT2D eigenvalue weighted by Gasteiger charge is 2.33. The van der Waals surface area contributed by atoms with Crippen molar-refractivity contribution in [2.75, 3.05) is 49.1 Å². The van der Waals surface area contributed by atoms with Gasteiger partial charge in [-0.25, -0.2) is 13.4 Å². The van der Waals surface area contributed by atoms with E-state index in [0.717, 1.165) is 24.6 Å². The van der Waals surface area contributed by atoms with E-state index in [4.69, 9.17) is 4.98 Å². The average Bonchev–Trinajstić information content (AvgIpc) is 3.00. The molecule has 0 aromatic carbocycles. The Morgan fingerprint density at radius 1 is 0.867 bits per heavy atom. The van der Waals surface area contributed by atoms with Crippen molar-refractivity contribution in [1.82, 2.24) is 24.1 Å². The van der Waals surface area contributed by atoms with Crippen molar-refractivity contribution in [3.05, 3.63) is 23.1 Å². The maximum atomic E-state index is 13.2. The van der Waals surface area contributed by atoms with Gasteiger partial charge in [-0.05, 0) is 40.0 Å². The molecule has 0 radical (unpaired) electrons. The first-order valence-corrected chi connectivity index (χ1v) is 12.1. The number of piperidine rings is 1. The van der Waals surface area contributed by atoms with Crippen LogP contribution in [-0.4, -0.2) is 71.7 Å². The van der Waals surface area contributed by atoms with Gasteiger partial charge in [0.1, 0.15) is 10.7 Å². The Morgan fingerprint density at radius 3 is 2.13 bits per heavy atom. The minimum atomic E-state index is -3.57. The molecule has 2 aliphatic heterocycles. The number of nitrogens with zero attached hydrogens (tertiary/aromatic N) is 7. The van der Waals surface area contributed by atoms with Gasteiger partial charge in [-0.1, -0.05) is 0 Å². The molecule has 2 saturated heterocycles. The lowest BCUT2D eigenvalue weighted by atomic mass is 10.1. The quantitative estimate of drug-likeness (QED) is 0.724. The van der Waals surface area contributed by atoms with Crippen molar-refractivity contribution in [3.8, 4) is 0 Å². The van der Waals surface area contributed by atoms with E-state index in [2.05, 4.69) is 19.9 Å². The van der Waals surface area contributed by atoms with Crippen molar-refractivity contribution in [2.24, 2.45) is 7.05 Å². The first kappa shape index (κ1) is 21.0. The standard InChI is InChI=1S/C20H31N7O2S/c1-15-14-18(25-8-6-5-7-9-25)22-20(21-15)26-10-12-27(13-11-26)30(28,29)19-16(2)23-24(4)17(19)3/h14H,5-13H2,1-4H3. The van der Waals surface area contributed by atoms with E-state index >= 15 is 0 Å². The van der Waals surface area contributed by atoms with E-state index in [1.54, 1.807) is 29.9 Å². The van der Waals surface area contributed by atoms with Gasteiger partial charge < -0.3 is 9.80 Å². The third-order valence-corrected chi connectivity index (χ3v) is 8.22. The molecule has 0 atom stereocenters. The molecule has 0 aliphatic carbocycles. The molecule has 2 aromatic heterocycles. The summed E-state index contributed by atoms with van der Waals surface area (Å²) in [7, 11) is -1.80. The number of anilines is 2. The van der Waals surface area contributed by atoms with Crippen LogP contribution in [0, 0.1) is 20.8 Å². The number of hydrogen-bond donors (Lipinski definition) is 0. The number of sulfonamides is 1. The molecule has 0 spiro atoms. The Labute approximate surface area is 178 Å². The summed E-state index contributed by atoms with van der Waals surface area (Å²) in [5, 5.41) is 4.27. The summed E-state index contributed by atoms with van der Waals surface area (Å²) < 4.78 is 29.6. The number of aromatic nitrogens is 4. The van der Waals surface area contributed by atoms with E-state index in [1.165, 1.54) is 19.3 Å². The van der Waals surface area contributed by atoms with Crippen molar-refractivity contribution in [1.29, 1.82) is 0 Å². The fourth-order valence-electron chi connectivity index (χ4n) is 4.35. The average molecular weight is 434 g/mol. The van der Waals surface area contributed by atoms with Crippen molar-refractivity contribution in [3.63, 3.8) is 0 Å². The molecule has 10 heteroatoms. The van der Waals surface area contributed by atoms with Gasteiger partial charge in [-0.3, -0.25) is 4.68 Å². The van der Waals surface area contributed by atoms with Gasteiger partial charge in [0.05, 0.1) is 11.4 Å². The lowest BCUT2D eigenvalue weighted by Crippen LogP contribution is -2.49. The molecule has 4 heterocycles. The summed E-state index contributed by atoms with van der Waals surface area (Å²) in [6, 6.07) is 2.05. The molecule has 4 rings (SSSR count). The topological polar surface area (TPSA) is 87.5 Å². The molecule has 0 bridgehead atoms. The van der Waals surface area contributed by atoms with E-state index in [-0.39, 0.29) is 0 Å². The van der Waals surface area contributed by atoms with Gasteiger partial charge in [0, 0.05) is 58.1 Å². The lowest BCUT2D eigenvalue weighted by Gasteiger charge is -2.35. The fourth-order valence-corrected chi connectivity index (χ4v) is 6.17. The second-order valence-electron chi connectivity index (χ2n) is 8.23. The van der Waals surface area contributed by atoms with E-state index < -0.39 is 10.0 Å². The Hall–Kier alpha value is -2.20. The molecule has 164 valence electrons. The summed E-state index contributed by atoms with van der Waals surface area (Å²) >= 11 is 0. The Balaban J connectivity index is 1.50. The van der Waals surface area contributed by atoms with Crippen LogP contribution in [-0.2, 0) is 17.1 Å². The molecule has 2 fully saturated rings. The van der Waals surface area contributed by atoms with Crippen LogP contribution >= 0.6 is 0 Å². The SMILES string of the molecule is Cc1cc(N2CCCCC2)nc(N2CCN(S(=O)(=O)c3c(C)nn(C)c3C)CC2)n1. The number of rotatable bonds is 4. The van der Waals surface area contributed by atoms with Crippen LogP contribution in [0.15, 0.2) is 11.0 Å². The van der Waals surface area contributed by atoms with Gasteiger partial charge in [-0.15, -0.1) is 0 Å². The highest BCUT2D eigenvalue weighted by Crippen LogP contribution is 2.26. The zero-order valence-corrected chi connectivity index (χ0v) is 19.1. The van der Waals surface area contributed by atoms with Gasteiger partial charge in [0.15, 0.2) is 0 Å². The van der Waals surface area contributed by atoms with Crippen LogP contribution in [0.25, 0.3) is 0 Å². The fraction of sp³-hybridized carbons (Fsp3) is 0.650. The van der Waals surface area contributed by atoms with Crippen LogP contribution in [0.4, 0.5) is 11.8 Å². The summed E-state index contributed by atoms with van der Waals surface area (Å²) in [5.41, 5.74) is 2.16. The van der Waals surface area contributed by atoms with Crippen LogP contribution in [0.3, 0.4) is 0 Å². The van der Waals surface area contributed by atoms with Crippen LogP contribution in [0.2, 0.25) is 0 Å². The van der Waals surface area contributed by atoms with E-state index in [9.17, 15) is 8.42 Å². The summed E-state index contributed by atoms with van der Waals surface area (Å²) in [6.07, 6.45) is 3.67. The second kappa shape index (κ2) is 8.14. The van der Waals surface area contributed by atoms with Crippen molar-refractivity contribution in [2.45, 2.75) is 44.9 Å². The number of aryl methyl sites for hydroxylation is 3. The van der Waals surface area contributed by atoms with E-state index in [1.807, 2.05) is 13.0 Å². The maximum absolute atomic E-state index is 13.2. The summed E-state index contributed by atoms with van der Waals surface area (Å²) in [6.45, 7) is 9.56. The summed E-state index contributed by atoms with van der Waals surface area (Å²) in [4.78, 5) is 14.2. The molecule has 2 aliphatic rings. The van der Waals surface area contributed by atoms with Gasteiger partial charge in [-0.2, -0.15) is 14.4 Å². The zero-order valence-electron chi connectivity index (χ0n) is 18.3. The number of piperazine rings is 1. The molecular weight excluding hydrogens is 402 g/mol. The second-order valence-corrected chi connectivity index (χ2v) is 10.1. The molecule has 0 N–H and O–H groups in total. The molecule has 30 heavy (non-hydrogen) atoms. The third-order valence-electron chi connectivity index (χ3n) is 6.07. The monoisotopic (exact) mass is 433 g/mol. The lowest BCUT2D eigenvalue weighted by molar-refractivity contribution is 0.382. The maximum Gasteiger partial charge on any atom is 0.246 e. The predicted molar refractivity (Wildman–Crippen MR) is 116 cm³/mol. The normalized spacial score (nSPS) is 18.8. The van der Waals surface area contributed by atoms with Crippen LogP contribution in [0.5, 0.6) is 0 Å². The van der Waals surface area contributed by atoms with Gasteiger partial charge in [0.25, 0.3) is 0 Å². The predicted octanol–water partition coefficient (Wildman–Crippen LogP) is 1.64. The first-order chi connectivity index (χ1) is 14.3. The van der Waals surface area contributed by atoms with Gasteiger partial charge >= 0.3 is 0 Å². The zero-order chi connectivity index (χ0) is 21.5. The molecule has 9 nitrogen and oxygen atoms in total. The minimum absolute atomic E-state index is 0.331. The van der Waals surface area contributed by atoms with Crippen LogP contribution < -0.4 is 9.80 Å². The molecule has 2 aromatic rings. The first-order valence-electron chi connectivity index (χ1n) is 10.6. The van der Waals surface area contributed by atoms with Gasteiger partial charge in [0.2, 0.25) is 16.0 Å². The molecular formula is C20H31N7O2S. The minimum Gasteiger partial charge on any atom is -0.356 e. The Morgan fingerprint density at radius 2 is 1.53 bits per heavy atom. The van der Waals surface area contributed by atoms with Crippen molar-refractivity contribution < 1.29 is 8.42 Å². The smallest absolute Gasteiger partial charge is 0.246 e. The van der Waals surface area contributed by atoms with Crippen LogP contribution in [0.1, 0.15) is 36.3 Å². The Bertz CT molecular complexity index is 1020.